The molecule has 1 spiro atoms. The van der Waals surface area contributed by atoms with Gasteiger partial charge in [0.2, 0.25) is 5.91 Å². The molecule has 1 aliphatic carbocycles. The highest BCUT2D eigenvalue weighted by Gasteiger charge is 2.52. The van der Waals surface area contributed by atoms with Crippen molar-refractivity contribution >= 4 is 57.6 Å². The summed E-state index contributed by atoms with van der Waals surface area (Å²) in [6.45, 7) is 6.31. The van der Waals surface area contributed by atoms with Crippen molar-refractivity contribution in [3.05, 3.63) is 85.1 Å². The normalized spacial score (nSPS) is 21.9. The maximum absolute atomic E-state index is 13.6. The molecule has 1 unspecified atom stereocenters. The van der Waals surface area contributed by atoms with Crippen LogP contribution in [0.2, 0.25) is 5.02 Å². The van der Waals surface area contributed by atoms with E-state index in [1.807, 2.05) is 54.7 Å². The highest BCUT2D eigenvalue weighted by Crippen LogP contribution is 2.50. The van der Waals surface area contributed by atoms with Gasteiger partial charge in [0.05, 0.1) is 23.4 Å². The number of rotatable bonds is 4. The quantitative estimate of drug-likeness (QED) is 0.373. The van der Waals surface area contributed by atoms with Crippen LogP contribution in [0, 0.1) is 19.8 Å². The number of thiophene rings is 1. The van der Waals surface area contributed by atoms with Gasteiger partial charge < -0.3 is 10.6 Å². The molecule has 1 fully saturated rings. The fourth-order valence-electron chi connectivity index (χ4n) is 6.35. The highest BCUT2D eigenvalue weighted by atomic mass is 35.5. The number of nitrogens with one attached hydrogen (secondary N) is 2. The number of nitrogens with zero attached hydrogens (tertiary/aromatic N) is 3. The molecule has 4 aliphatic rings. The van der Waals surface area contributed by atoms with Crippen molar-refractivity contribution < 1.29 is 9.59 Å². The molecule has 9 heteroatoms. The predicted octanol–water partition coefficient (Wildman–Crippen LogP) is 6.38. The van der Waals surface area contributed by atoms with Gasteiger partial charge in [-0.05, 0) is 81.8 Å². The first-order chi connectivity index (χ1) is 19.7. The summed E-state index contributed by atoms with van der Waals surface area (Å²) in [4.78, 5) is 34.0. The highest BCUT2D eigenvalue weighted by molar-refractivity contribution is 7.12. The lowest BCUT2D eigenvalue weighted by Gasteiger charge is -2.19. The molecule has 1 saturated carbocycles. The number of anilines is 1. The molecule has 0 bridgehead atoms. The Hall–Kier alpha value is -3.62. The number of carbonyl (C=O) groups is 2. The van der Waals surface area contributed by atoms with Crippen LogP contribution in [-0.2, 0) is 16.8 Å². The van der Waals surface area contributed by atoms with Crippen molar-refractivity contribution in [2.75, 3.05) is 5.32 Å². The zero-order chi connectivity index (χ0) is 28.5. The smallest absolute Gasteiger partial charge is 0.252 e. The third kappa shape index (κ3) is 4.53. The number of halogens is 1. The summed E-state index contributed by atoms with van der Waals surface area (Å²) in [5, 5.41) is 15.8. The number of benzene rings is 2. The van der Waals surface area contributed by atoms with Gasteiger partial charge in [-0.25, -0.2) is 0 Å². The summed E-state index contributed by atoms with van der Waals surface area (Å²) in [6, 6.07) is 12.9. The van der Waals surface area contributed by atoms with Gasteiger partial charge in [0, 0.05) is 48.8 Å². The largest absolute Gasteiger partial charge is 0.342 e. The Kier molecular flexibility index (Phi) is 6.24. The number of hydrogen-bond donors (Lipinski definition) is 2. The van der Waals surface area contributed by atoms with Crippen LogP contribution in [0.3, 0.4) is 0 Å². The summed E-state index contributed by atoms with van der Waals surface area (Å²) >= 11 is 8.07. The number of hydrogen-bond acceptors (Lipinski definition) is 6. The molecular formula is C32H30ClN5O2S. The van der Waals surface area contributed by atoms with E-state index in [2.05, 4.69) is 34.7 Å². The van der Waals surface area contributed by atoms with Crippen LogP contribution in [0.1, 0.15) is 75.0 Å². The van der Waals surface area contributed by atoms with E-state index in [0.717, 1.165) is 59.5 Å². The van der Waals surface area contributed by atoms with Crippen molar-refractivity contribution in [1.82, 2.24) is 5.32 Å². The molecule has 3 aromatic rings. The lowest BCUT2D eigenvalue weighted by atomic mass is 9.88. The Morgan fingerprint density at radius 1 is 1.12 bits per heavy atom. The van der Waals surface area contributed by atoms with Gasteiger partial charge >= 0.3 is 0 Å². The summed E-state index contributed by atoms with van der Waals surface area (Å²) in [7, 11) is 0. The van der Waals surface area contributed by atoms with E-state index in [1.54, 1.807) is 6.07 Å². The fourth-order valence-corrected chi connectivity index (χ4v) is 7.68. The zero-order valence-electron chi connectivity index (χ0n) is 23.2. The van der Waals surface area contributed by atoms with Crippen LogP contribution in [0.4, 0.5) is 5.69 Å². The second-order valence-corrected chi connectivity index (χ2v) is 13.2. The van der Waals surface area contributed by atoms with Crippen LogP contribution in [0.15, 0.2) is 57.7 Å². The number of amides is 2. The minimum atomic E-state index is -0.495. The maximum Gasteiger partial charge on any atom is 0.252 e. The SMILES string of the molecule is CC1=NN=C2C1CCc1sc(C)c(C)c1C(c1ccc(Cl)cc1)=N[C@H]2CC(=O)Nc1ccc2c(c1)C(=O)NC21CC1. The fraction of sp³-hybridized carbons (Fsp3) is 0.344. The summed E-state index contributed by atoms with van der Waals surface area (Å²) in [5.74, 6) is -0.220. The van der Waals surface area contributed by atoms with Crippen LogP contribution in [-0.4, -0.2) is 35.0 Å². The molecule has 2 amide bonds. The summed E-state index contributed by atoms with van der Waals surface area (Å²) in [6.07, 6.45) is 3.78. The van der Waals surface area contributed by atoms with E-state index in [-0.39, 0.29) is 29.7 Å². The van der Waals surface area contributed by atoms with E-state index in [9.17, 15) is 9.59 Å². The van der Waals surface area contributed by atoms with E-state index >= 15 is 0 Å². The topological polar surface area (TPSA) is 95.3 Å². The molecule has 2 N–H and O–H groups in total. The second kappa shape index (κ2) is 9.74. The molecule has 4 heterocycles. The molecule has 0 saturated heterocycles. The van der Waals surface area contributed by atoms with Gasteiger partial charge in [0.25, 0.3) is 5.91 Å². The summed E-state index contributed by atoms with van der Waals surface area (Å²) < 4.78 is 0. The molecular weight excluding hydrogens is 554 g/mol. The molecule has 1 aromatic heterocycles. The molecule has 208 valence electrons. The monoisotopic (exact) mass is 583 g/mol. The van der Waals surface area contributed by atoms with Crippen LogP contribution >= 0.6 is 22.9 Å². The molecule has 2 aromatic carbocycles. The standard InChI is InChI=1S/C32H30ClN5O2S/c1-16-18(3)41-26-11-9-22-17(2)37-38-30(22)25(35-29(28(16)26)19-4-6-20(33)7-5-19)15-27(39)34-21-8-10-24-23(14-21)31(40)36-32(24)12-13-32/h4-8,10,14,22,25H,9,11-13,15H2,1-3H3,(H,34,39)(H,36,40)/t22?,25-/m0/s1. The van der Waals surface area contributed by atoms with Gasteiger partial charge in [-0.15, -0.1) is 11.3 Å². The Labute approximate surface area is 247 Å². The number of aryl methyl sites for hydroxylation is 2. The Bertz CT molecular complexity index is 1710. The molecule has 0 radical (unpaired) electrons. The molecule has 3 aliphatic heterocycles. The average Bonchev–Trinajstić information content (AvgIpc) is 3.42. The minimum absolute atomic E-state index is 0.0371. The summed E-state index contributed by atoms with van der Waals surface area (Å²) in [5.41, 5.74) is 8.05. The van der Waals surface area contributed by atoms with Crippen LogP contribution in [0.5, 0.6) is 0 Å². The van der Waals surface area contributed by atoms with Gasteiger partial charge in [0.1, 0.15) is 6.04 Å². The van der Waals surface area contributed by atoms with E-state index in [1.165, 1.54) is 15.3 Å². The molecule has 41 heavy (non-hydrogen) atoms. The van der Waals surface area contributed by atoms with Gasteiger partial charge in [-0.1, -0.05) is 29.8 Å². The second-order valence-electron chi connectivity index (χ2n) is 11.5. The lowest BCUT2D eigenvalue weighted by molar-refractivity contribution is -0.116. The first kappa shape index (κ1) is 26.3. The van der Waals surface area contributed by atoms with Gasteiger partial charge in [-0.2, -0.15) is 10.2 Å². The van der Waals surface area contributed by atoms with E-state index in [4.69, 9.17) is 16.6 Å². The van der Waals surface area contributed by atoms with Crippen molar-refractivity contribution in [2.45, 2.75) is 64.5 Å². The van der Waals surface area contributed by atoms with Crippen molar-refractivity contribution in [3.8, 4) is 0 Å². The Balaban J connectivity index is 1.26. The minimum Gasteiger partial charge on any atom is -0.342 e. The molecule has 7 nitrogen and oxygen atoms in total. The first-order valence-corrected chi connectivity index (χ1v) is 15.2. The first-order valence-electron chi connectivity index (χ1n) is 14.0. The molecule has 2 atom stereocenters. The van der Waals surface area contributed by atoms with E-state index in [0.29, 0.717) is 16.3 Å². The third-order valence-corrected chi connectivity index (χ3v) is 10.3. The van der Waals surface area contributed by atoms with E-state index < -0.39 is 6.04 Å². The number of aliphatic imine (C=N–C) groups is 1. The zero-order valence-corrected chi connectivity index (χ0v) is 24.7. The predicted molar refractivity (Wildman–Crippen MR) is 165 cm³/mol. The maximum atomic E-state index is 13.6. The van der Waals surface area contributed by atoms with Crippen molar-refractivity contribution in [3.63, 3.8) is 0 Å². The Morgan fingerprint density at radius 2 is 1.90 bits per heavy atom. The van der Waals surface area contributed by atoms with Gasteiger partial charge in [-0.3, -0.25) is 14.6 Å². The van der Waals surface area contributed by atoms with Gasteiger partial charge in [0.15, 0.2) is 0 Å². The van der Waals surface area contributed by atoms with Crippen LogP contribution in [0.25, 0.3) is 0 Å². The third-order valence-electron chi connectivity index (χ3n) is 8.83. The van der Waals surface area contributed by atoms with Crippen molar-refractivity contribution in [1.29, 1.82) is 0 Å². The molecule has 7 rings (SSSR count). The number of fused-ring (bicyclic) bond motifs is 4. The van der Waals surface area contributed by atoms with Crippen molar-refractivity contribution in [2.24, 2.45) is 21.1 Å². The number of carbonyl (C=O) groups excluding carboxylic acids is 2. The Morgan fingerprint density at radius 3 is 2.66 bits per heavy atom. The lowest BCUT2D eigenvalue weighted by Crippen LogP contribution is -2.32. The average molecular weight is 584 g/mol. The van der Waals surface area contributed by atoms with Crippen LogP contribution < -0.4 is 10.6 Å².